The molecule has 0 aliphatic heterocycles. The number of aliphatic carboxylic acids is 1. The number of hydrogen-bond donors (Lipinski definition) is 1. The second-order valence-electron chi connectivity index (χ2n) is 1.21. The molecular formula is C4H7NO3. The quantitative estimate of drug-likeness (QED) is 0.421. The maximum Gasteiger partial charge on any atom is 0.347 e. The Morgan fingerprint density at radius 3 is 2.62 bits per heavy atom. The molecule has 0 unspecified atom stereocenters. The van der Waals surface area contributed by atoms with Gasteiger partial charge in [-0.15, -0.1) is 5.16 Å². The molecule has 4 heteroatoms. The third kappa shape index (κ3) is 2.17. The van der Waals surface area contributed by atoms with Crippen LogP contribution in [0.4, 0.5) is 0 Å². The summed E-state index contributed by atoms with van der Waals surface area (Å²) in [4.78, 5) is 14.1. The summed E-state index contributed by atoms with van der Waals surface area (Å²) in [5, 5.41) is 11.0. The molecule has 0 aromatic carbocycles. The predicted molar refractivity (Wildman–Crippen MR) is 27.7 cm³/mol. The molecule has 0 saturated heterocycles. The van der Waals surface area contributed by atoms with Gasteiger partial charge in [0.1, 0.15) is 0 Å². The minimum Gasteiger partial charge on any atom is -0.478 e. The summed E-state index contributed by atoms with van der Waals surface area (Å²) in [6.45, 7) is 4.32. The van der Waals surface area contributed by atoms with Crippen molar-refractivity contribution in [2.24, 2.45) is 5.16 Å². The Hall–Kier alpha value is -1.06. The van der Waals surface area contributed by atoms with Crippen molar-refractivity contribution in [3.63, 3.8) is 0 Å². The van der Waals surface area contributed by atoms with E-state index >= 15 is 0 Å². The topological polar surface area (TPSA) is 58.9 Å². The van der Waals surface area contributed by atoms with Crippen LogP contribution in [0.3, 0.4) is 0 Å². The van der Waals surface area contributed by atoms with Crippen LogP contribution in [0.5, 0.6) is 0 Å². The molecule has 4 nitrogen and oxygen atoms in total. The van der Waals surface area contributed by atoms with Crippen LogP contribution in [-0.2, 0) is 9.63 Å². The molecule has 0 bridgehead atoms. The first kappa shape index (κ1) is 6.94. The van der Waals surface area contributed by atoms with Crippen molar-refractivity contribution in [1.82, 2.24) is 0 Å². The van der Waals surface area contributed by atoms with E-state index in [0.29, 0.717) is 0 Å². The zero-order valence-corrected chi connectivity index (χ0v) is 4.50. The van der Waals surface area contributed by atoms with Crippen molar-refractivity contribution < 1.29 is 14.7 Å². The molecule has 0 aromatic rings. The Balaban J connectivity index is 3.46. The molecule has 0 aliphatic carbocycles. The van der Waals surface area contributed by atoms with Crippen LogP contribution in [0.2, 0.25) is 0 Å². The number of oxime groups is 1. The van der Waals surface area contributed by atoms with Crippen LogP contribution in [0.1, 0.15) is 6.92 Å². The molecule has 0 saturated carbocycles. The Labute approximate surface area is 46.8 Å². The van der Waals surface area contributed by atoms with Gasteiger partial charge in [-0.05, 0) is 6.92 Å². The summed E-state index contributed by atoms with van der Waals surface area (Å²) in [7, 11) is 0. The molecule has 0 aliphatic rings. The standard InChI is InChI=1S/C4H7NO3/c1-3(4(6)7)8-5-2/h3H,2H2,1H3,(H,6,7)/t3-/m0/s1. The lowest BCUT2D eigenvalue weighted by molar-refractivity contribution is -0.148. The fraction of sp³-hybridized carbons (Fsp3) is 0.500. The number of rotatable bonds is 3. The van der Waals surface area contributed by atoms with Gasteiger partial charge in [-0.2, -0.15) is 0 Å². The minimum absolute atomic E-state index is 0.896. The zero-order chi connectivity index (χ0) is 6.57. The Morgan fingerprint density at radius 2 is 2.50 bits per heavy atom. The molecule has 0 heterocycles. The molecule has 0 radical (unpaired) electrons. The molecular weight excluding hydrogens is 110 g/mol. The minimum atomic E-state index is -1.04. The van der Waals surface area contributed by atoms with Crippen LogP contribution in [-0.4, -0.2) is 23.9 Å². The van der Waals surface area contributed by atoms with E-state index in [4.69, 9.17) is 5.11 Å². The Bertz CT molecular complexity index is 101. The van der Waals surface area contributed by atoms with E-state index in [9.17, 15) is 4.79 Å². The SMILES string of the molecule is C=NO[C@@H](C)C(=O)O. The predicted octanol–water partition coefficient (Wildman–Crippen LogP) is 0.0917. The van der Waals surface area contributed by atoms with E-state index in [2.05, 4.69) is 16.7 Å². The van der Waals surface area contributed by atoms with Crippen molar-refractivity contribution in [3.8, 4) is 0 Å². The zero-order valence-electron chi connectivity index (χ0n) is 4.50. The van der Waals surface area contributed by atoms with Crippen LogP contribution in [0.25, 0.3) is 0 Å². The van der Waals surface area contributed by atoms with Crippen molar-refractivity contribution in [1.29, 1.82) is 0 Å². The van der Waals surface area contributed by atoms with Crippen molar-refractivity contribution >= 4 is 12.7 Å². The van der Waals surface area contributed by atoms with Crippen LogP contribution < -0.4 is 0 Å². The molecule has 46 valence electrons. The monoisotopic (exact) mass is 117 g/mol. The fourth-order valence-corrected chi connectivity index (χ4v) is 0.157. The van der Waals surface area contributed by atoms with E-state index in [1.807, 2.05) is 0 Å². The maximum atomic E-state index is 9.88. The van der Waals surface area contributed by atoms with Gasteiger partial charge in [0.15, 0.2) is 0 Å². The largest absolute Gasteiger partial charge is 0.478 e. The van der Waals surface area contributed by atoms with Gasteiger partial charge in [-0.25, -0.2) is 4.79 Å². The van der Waals surface area contributed by atoms with Gasteiger partial charge in [0.2, 0.25) is 6.10 Å². The average Bonchev–Trinajstić information content (AvgIpc) is 1.67. The number of carboxylic acids is 1. The maximum absolute atomic E-state index is 9.88. The van der Waals surface area contributed by atoms with Gasteiger partial charge >= 0.3 is 5.97 Å². The molecule has 0 fully saturated rings. The molecule has 0 rings (SSSR count). The van der Waals surface area contributed by atoms with Crippen LogP contribution in [0, 0.1) is 0 Å². The lowest BCUT2D eigenvalue weighted by atomic mass is 10.4. The van der Waals surface area contributed by atoms with Crippen LogP contribution in [0.15, 0.2) is 5.16 Å². The van der Waals surface area contributed by atoms with Crippen molar-refractivity contribution in [3.05, 3.63) is 0 Å². The first-order chi connectivity index (χ1) is 3.68. The van der Waals surface area contributed by atoms with E-state index in [1.165, 1.54) is 6.92 Å². The second kappa shape index (κ2) is 3.01. The highest BCUT2D eigenvalue weighted by Gasteiger charge is 2.09. The number of nitrogens with zero attached hydrogens (tertiary/aromatic N) is 1. The van der Waals surface area contributed by atoms with Crippen LogP contribution >= 0.6 is 0 Å². The Morgan fingerprint density at radius 1 is 2.00 bits per heavy atom. The molecule has 1 N–H and O–H groups in total. The summed E-state index contributed by atoms with van der Waals surface area (Å²) in [6.07, 6.45) is -0.896. The first-order valence-electron chi connectivity index (χ1n) is 2.03. The highest BCUT2D eigenvalue weighted by atomic mass is 16.6. The number of hydrogen-bond acceptors (Lipinski definition) is 3. The number of carboxylic acid groups (broad SMARTS) is 1. The first-order valence-corrected chi connectivity index (χ1v) is 2.03. The lowest BCUT2D eigenvalue weighted by Gasteiger charge is -1.99. The summed E-state index contributed by atoms with van der Waals surface area (Å²) in [5.74, 6) is -1.04. The highest BCUT2D eigenvalue weighted by Crippen LogP contribution is 1.87. The summed E-state index contributed by atoms with van der Waals surface area (Å²) < 4.78 is 0. The number of carbonyl (C=O) groups is 1. The van der Waals surface area contributed by atoms with E-state index in [-0.39, 0.29) is 0 Å². The molecule has 1 atom stereocenters. The molecule has 0 aromatic heterocycles. The second-order valence-corrected chi connectivity index (χ2v) is 1.21. The molecule has 8 heavy (non-hydrogen) atoms. The van der Waals surface area contributed by atoms with Gasteiger partial charge in [-0.1, -0.05) is 0 Å². The summed E-state index contributed by atoms with van der Waals surface area (Å²) >= 11 is 0. The third-order valence-electron chi connectivity index (χ3n) is 0.580. The van der Waals surface area contributed by atoms with E-state index in [0.717, 1.165) is 0 Å². The normalized spacial score (nSPS) is 12.1. The lowest BCUT2D eigenvalue weighted by Crippen LogP contribution is -2.16. The highest BCUT2D eigenvalue weighted by molar-refractivity contribution is 5.71. The van der Waals surface area contributed by atoms with Gasteiger partial charge < -0.3 is 9.94 Å². The van der Waals surface area contributed by atoms with E-state index in [1.54, 1.807) is 0 Å². The van der Waals surface area contributed by atoms with E-state index < -0.39 is 12.1 Å². The van der Waals surface area contributed by atoms with Gasteiger partial charge in [0.25, 0.3) is 0 Å². The molecule has 0 amide bonds. The smallest absolute Gasteiger partial charge is 0.347 e. The van der Waals surface area contributed by atoms with Gasteiger partial charge in [0.05, 0.1) is 0 Å². The van der Waals surface area contributed by atoms with Gasteiger partial charge in [-0.3, -0.25) is 0 Å². The average molecular weight is 117 g/mol. The van der Waals surface area contributed by atoms with Gasteiger partial charge in [0, 0.05) is 6.72 Å². The van der Waals surface area contributed by atoms with Crippen molar-refractivity contribution in [2.45, 2.75) is 13.0 Å². The Kier molecular flexibility index (Phi) is 2.61. The summed E-state index contributed by atoms with van der Waals surface area (Å²) in [6, 6.07) is 0. The summed E-state index contributed by atoms with van der Waals surface area (Å²) in [5.41, 5.74) is 0. The molecule has 0 spiro atoms. The van der Waals surface area contributed by atoms with Crippen molar-refractivity contribution in [2.75, 3.05) is 0 Å². The third-order valence-corrected chi connectivity index (χ3v) is 0.580. The fourth-order valence-electron chi connectivity index (χ4n) is 0.157.